The van der Waals surface area contributed by atoms with Gasteiger partial charge in [-0.15, -0.1) is 0 Å². The predicted molar refractivity (Wildman–Crippen MR) is 60.9 cm³/mol. The first-order valence-corrected chi connectivity index (χ1v) is 4.88. The second kappa shape index (κ2) is 4.14. The molecule has 0 aliphatic heterocycles. The van der Waals surface area contributed by atoms with Crippen LogP contribution in [0.15, 0.2) is 36.5 Å². The average Bonchev–Trinajstić information content (AvgIpc) is 2.68. The van der Waals surface area contributed by atoms with Gasteiger partial charge in [-0.05, 0) is 19.1 Å². The molecule has 0 radical (unpaired) electrons. The maximum absolute atomic E-state index is 5.72. The molecule has 1 unspecified atom stereocenters. The van der Waals surface area contributed by atoms with Gasteiger partial charge in [-0.25, -0.2) is 4.98 Å². The lowest BCUT2D eigenvalue weighted by molar-refractivity contribution is 0.789. The van der Waals surface area contributed by atoms with E-state index in [-0.39, 0.29) is 6.04 Å². The van der Waals surface area contributed by atoms with Crippen LogP contribution in [0.5, 0.6) is 0 Å². The molecule has 4 N–H and O–H groups in total. The molecule has 4 heteroatoms. The van der Waals surface area contributed by atoms with Gasteiger partial charge in [-0.3, -0.25) is 0 Å². The van der Waals surface area contributed by atoms with Crippen LogP contribution in [0.25, 0.3) is 0 Å². The summed E-state index contributed by atoms with van der Waals surface area (Å²) < 4.78 is 0. The molecular weight excluding hydrogens is 188 g/mol. The van der Waals surface area contributed by atoms with Gasteiger partial charge in [-0.2, -0.15) is 0 Å². The molecule has 1 aromatic carbocycles. The van der Waals surface area contributed by atoms with Crippen molar-refractivity contribution in [3.05, 3.63) is 42.2 Å². The van der Waals surface area contributed by atoms with Crippen LogP contribution in [-0.4, -0.2) is 9.97 Å². The number of imidazole rings is 1. The zero-order chi connectivity index (χ0) is 10.7. The van der Waals surface area contributed by atoms with Crippen molar-refractivity contribution in [2.24, 2.45) is 5.73 Å². The van der Waals surface area contributed by atoms with Crippen LogP contribution in [-0.2, 0) is 0 Å². The van der Waals surface area contributed by atoms with Crippen LogP contribution < -0.4 is 11.1 Å². The normalized spacial score (nSPS) is 12.4. The minimum absolute atomic E-state index is 0.0242. The van der Waals surface area contributed by atoms with Crippen LogP contribution in [0.3, 0.4) is 0 Å². The van der Waals surface area contributed by atoms with Crippen LogP contribution in [0.4, 0.5) is 11.6 Å². The van der Waals surface area contributed by atoms with E-state index in [2.05, 4.69) is 15.3 Å². The molecule has 2 aromatic rings. The monoisotopic (exact) mass is 202 g/mol. The Morgan fingerprint density at radius 3 is 2.67 bits per heavy atom. The highest BCUT2D eigenvalue weighted by atomic mass is 15.1. The summed E-state index contributed by atoms with van der Waals surface area (Å²) in [4.78, 5) is 7.30. The first-order valence-electron chi connectivity index (χ1n) is 4.88. The predicted octanol–water partition coefficient (Wildman–Crippen LogP) is 2.17. The van der Waals surface area contributed by atoms with Gasteiger partial charge >= 0.3 is 0 Å². The third kappa shape index (κ3) is 2.35. The van der Waals surface area contributed by atoms with Gasteiger partial charge in [-0.1, -0.05) is 18.2 Å². The zero-order valence-electron chi connectivity index (χ0n) is 8.57. The standard InChI is InChI=1S/C11H14N4/c1-8(12)10-7-13-11(15-10)14-9-5-3-2-4-6-9/h2-8H,12H2,1H3,(H2,13,14,15). The minimum atomic E-state index is -0.0242. The number of nitrogens with one attached hydrogen (secondary N) is 2. The summed E-state index contributed by atoms with van der Waals surface area (Å²) in [6.07, 6.45) is 1.75. The number of anilines is 2. The van der Waals surface area contributed by atoms with E-state index in [1.807, 2.05) is 37.3 Å². The molecule has 1 atom stereocenters. The molecule has 0 saturated carbocycles. The topological polar surface area (TPSA) is 66.7 Å². The molecule has 0 fully saturated rings. The van der Waals surface area contributed by atoms with Crippen molar-refractivity contribution in [3.8, 4) is 0 Å². The van der Waals surface area contributed by atoms with E-state index in [9.17, 15) is 0 Å². The molecule has 1 aromatic heterocycles. The maximum Gasteiger partial charge on any atom is 0.204 e. The van der Waals surface area contributed by atoms with Crippen molar-refractivity contribution < 1.29 is 0 Å². The van der Waals surface area contributed by atoms with E-state index in [4.69, 9.17) is 5.73 Å². The van der Waals surface area contributed by atoms with Crippen molar-refractivity contribution in [2.45, 2.75) is 13.0 Å². The number of aromatic nitrogens is 2. The summed E-state index contributed by atoms with van der Waals surface area (Å²) in [6.45, 7) is 1.92. The molecule has 0 saturated heterocycles. The molecule has 1 heterocycles. The molecule has 0 spiro atoms. The second-order valence-corrected chi connectivity index (χ2v) is 3.47. The summed E-state index contributed by atoms with van der Waals surface area (Å²) in [5, 5.41) is 3.16. The van der Waals surface area contributed by atoms with Crippen LogP contribution in [0, 0.1) is 0 Å². The van der Waals surface area contributed by atoms with Gasteiger partial charge in [0.1, 0.15) is 0 Å². The number of hydrogen-bond donors (Lipinski definition) is 3. The molecule has 0 amide bonds. The Morgan fingerprint density at radius 1 is 1.33 bits per heavy atom. The Hall–Kier alpha value is -1.81. The van der Waals surface area contributed by atoms with Crippen LogP contribution in [0.2, 0.25) is 0 Å². The Balaban J connectivity index is 2.12. The lowest BCUT2D eigenvalue weighted by Gasteiger charge is -2.02. The fourth-order valence-electron chi connectivity index (χ4n) is 1.29. The molecule has 0 aliphatic carbocycles. The summed E-state index contributed by atoms with van der Waals surface area (Å²) in [5.74, 6) is 0.716. The van der Waals surface area contributed by atoms with Crippen molar-refractivity contribution in [1.82, 2.24) is 9.97 Å². The molecule has 0 aliphatic rings. The fraction of sp³-hybridized carbons (Fsp3) is 0.182. The van der Waals surface area contributed by atoms with Crippen molar-refractivity contribution in [2.75, 3.05) is 5.32 Å². The molecule has 78 valence electrons. The van der Waals surface area contributed by atoms with Crippen LogP contribution in [0.1, 0.15) is 18.7 Å². The number of hydrogen-bond acceptors (Lipinski definition) is 3. The molecule has 0 bridgehead atoms. The Kier molecular flexibility index (Phi) is 2.69. The Bertz CT molecular complexity index is 419. The third-order valence-electron chi connectivity index (χ3n) is 2.12. The fourth-order valence-corrected chi connectivity index (χ4v) is 1.29. The van der Waals surface area contributed by atoms with E-state index in [1.54, 1.807) is 6.20 Å². The van der Waals surface area contributed by atoms with E-state index in [1.165, 1.54) is 0 Å². The number of H-pyrrole nitrogens is 1. The molecule has 4 nitrogen and oxygen atoms in total. The van der Waals surface area contributed by atoms with Gasteiger partial charge in [0.2, 0.25) is 5.95 Å². The highest BCUT2D eigenvalue weighted by Crippen LogP contribution is 2.14. The highest BCUT2D eigenvalue weighted by Gasteiger charge is 2.03. The van der Waals surface area contributed by atoms with E-state index >= 15 is 0 Å². The summed E-state index contributed by atoms with van der Waals surface area (Å²) in [5.41, 5.74) is 7.65. The Morgan fingerprint density at radius 2 is 2.07 bits per heavy atom. The van der Waals surface area contributed by atoms with E-state index in [0.29, 0.717) is 5.95 Å². The van der Waals surface area contributed by atoms with Gasteiger partial charge in [0.15, 0.2) is 0 Å². The smallest absolute Gasteiger partial charge is 0.204 e. The number of para-hydroxylation sites is 1. The van der Waals surface area contributed by atoms with Gasteiger partial charge in [0.05, 0.1) is 11.9 Å². The van der Waals surface area contributed by atoms with Crippen LogP contribution >= 0.6 is 0 Å². The number of nitrogens with zero attached hydrogens (tertiary/aromatic N) is 1. The number of benzene rings is 1. The first-order chi connectivity index (χ1) is 7.25. The van der Waals surface area contributed by atoms with Gasteiger partial charge in [0.25, 0.3) is 0 Å². The lowest BCUT2D eigenvalue weighted by atomic mass is 10.3. The highest BCUT2D eigenvalue weighted by molar-refractivity contribution is 5.52. The van der Waals surface area contributed by atoms with Crippen molar-refractivity contribution in [3.63, 3.8) is 0 Å². The van der Waals surface area contributed by atoms with Crippen molar-refractivity contribution >= 4 is 11.6 Å². The molecule has 15 heavy (non-hydrogen) atoms. The second-order valence-electron chi connectivity index (χ2n) is 3.47. The maximum atomic E-state index is 5.72. The zero-order valence-corrected chi connectivity index (χ0v) is 8.57. The average molecular weight is 202 g/mol. The van der Waals surface area contributed by atoms with Gasteiger partial charge < -0.3 is 16.0 Å². The van der Waals surface area contributed by atoms with Gasteiger partial charge in [0, 0.05) is 11.7 Å². The molecular formula is C11H14N4. The largest absolute Gasteiger partial charge is 0.326 e. The van der Waals surface area contributed by atoms with E-state index < -0.39 is 0 Å². The quantitative estimate of drug-likeness (QED) is 0.714. The number of aromatic amines is 1. The number of nitrogens with two attached hydrogens (primary N) is 1. The summed E-state index contributed by atoms with van der Waals surface area (Å²) in [6, 6.07) is 9.85. The third-order valence-corrected chi connectivity index (χ3v) is 2.12. The SMILES string of the molecule is CC(N)c1cnc(Nc2ccccc2)[nH]1. The first kappa shape index (κ1) is 9.73. The summed E-state index contributed by atoms with van der Waals surface area (Å²) >= 11 is 0. The minimum Gasteiger partial charge on any atom is -0.326 e. The Labute approximate surface area is 88.5 Å². The summed E-state index contributed by atoms with van der Waals surface area (Å²) in [7, 11) is 0. The molecule has 2 rings (SSSR count). The number of rotatable bonds is 3. The lowest BCUT2D eigenvalue weighted by Crippen LogP contribution is -2.05. The van der Waals surface area contributed by atoms with Crippen molar-refractivity contribution in [1.29, 1.82) is 0 Å². The van der Waals surface area contributed by atoms with E-state index in [0.717, 1.165) is 11.4 Å².